The van der Waals surface area contributed by atoms with Gasteiger partial charge in [-0.3, -0.25) is 9.69 Å². The summed E-state index contributed by atoms with van der Waals surface area (Å²) in [5, 5.41) is 19.5. The lowest BCUT2D eigenvalue weighted by molar-refractivity contribution is -0.145. The van der Waals surface area contributed by atoms with E-state index in [9.17, 15) is 28.3 Å². The van der Waals surface area contributed by atoms with Crippen molar-refractivity contribution in [2.75, 3.05) is 6.54 Å². The fourth-order valence-electron chi connectivity index (χ4n) is 5.12. The number of piperidine rings is 1. The molecule has 1 saturated heterocycles. The topological polar surface area (TPSA) is 64.3 Å². The first-order valence-corrected chi connectivity index (χ1v) is 12.7. The Bertz CT molecular complexity index is 1370. The van der Waals surface area contributed by atoms with Gasteiger partial charge >= 0.3 is 12.1 Å². The summed E-state index contributed by atoms with van der Waals surface area (Å²) in [5.41, 5.74) is 2.96. The molecule has 38 heavy (non-hydrogen) atoms. The van der Waals surface area contributed by atoms with Crippen molar-refractivity contribution in [1.82, 2.24) is 4.90 Å². The van der Waals surface area contributed by atoms with Crippen LogP contribution in [0.5, 0.6) is 0 Å². The summed E-state index contributed by atoms with van der Waals surface area (Å²) in [6, 6.07) is 18.9. The summed E-state index contributed by atoms with van der Waals surface area (Å²) < 4.78 is 42.6. The second-order valence-corrected chi connectivity index (χ2v) is 9.46. The van der Waals surface area contributed by atoms with Gasteiger partial charge in [-0.05, 0) is 59.7 Å². The van der Waals surface area contributed by atoms with E-state index in [1.54, 1.807) is 29.2 Å². The maximum Gasteiger partial charge on any atom is 0.416 e. The summed E-state index contributed by atoms with van der Waals surface area (Å²) in [7, 11) is 0. The highest BCUT2D eigenvalue weighted by Gasteiger charge is 2.35. The molecule has 0 radical (unpaired) electrons. The number of carbonyl (C=O) groups is 1. The highest BCUT2D eigenvalue weighted by atomic mass is 19.4. The number of halogens is 3. The second-order valence-electron chi connectivity index (χ2n) is 9.46. The third-order valence-corrected chi connectivity index (χ3v) is 7.07. The number of carboxylic acid groups (broad SMARTS) is 1. The van der Waals surface area contributed by atoms with Gasteiger partial charge in [0.1, 0.15) is 12.1 Å². The Morgan fingerprint density at radius 3 is 2.45 bits per heavy atom. The summed E-state index contributed by atoms with van der Waals surface area (Å²) in [6.45, 7) is 2.57. The Morgan fingerprint density at radius 2 is 1.79 bits per heavy atom. The molecule has 4 nitrogen and oxygen atoms in total. The lowest BCUT2D eigenvalue weighted by atomic mass is 9.93. The van der Waals surface area contributed by atoms with E-state index in [0.29, 0.717) is 41.6 Å². The van der Waals surface area contributed by atoms with E-state index < -0.39 is 23.8 Å². The zero-order chi connectivity index (χ0) is 27.3. The molecule has 1 aliphatic heterocycles. The van der Waals surface area contributed by atoms with Crippen LogP contribution in [0.25, 0.3) is 23.3 Å². The number of hydrogen-bond acceptors (Lipinski definition) is 3. The maximum absolute atomic E-state index is 14.2. The van der Waals surface area contributed by atoms with E-state index in [4.69, 9.17) is 0 Å². The molecule has 3 aromatic rings. The Balaban J connectivity index is 1.74. The van der Waals surface area contributed by atoms with Gasteiger partial charge in [-0.1, -0.05) is 80.1 Å². The van der Waals surface area contributed by atoms with Crippen LogP contribution in [0.1, 0.15) is 59.6 Å². The molecule has 0 amide bonds. The summed E-state index contributed by atoms with van der Waals surface area (Å²) in [6.07, 6.45) is 0.985. The number of aryl methyl sites for hydroxylation is 1. The van der Waals surface area contributed by atoms with Crippen LogP contribution < -0.4 is 0 Å². The van der Waals surface area contributed by atoms with Gasteiger partial charge < -0.3 is 5.11 Å². The highest BCUT2D eigenvalue weighted by Crippen LogP contribution is 2.36. The fourth-order valence-corrected chi connectivity index (χ4v) is 5.12. The van der Waals surface area contributed by atoms with Gasteiger partial charge in [-0.2, -0.15) is 18.4 Å². The van der Waals surface area contributed by atoms with Crippen LogP contribution in [0, 0.1) is 11.3 Å². The van der Waals surface area contributed by atoms with E-state index in [1.165, 1.54) is 6.08 Å². The van der Waals surface area contributed by atoms with Crippen LogP contribution in [0.3, 0.4) is 0 Å². The molecule has 1 heterocycles. The molecule has 0 saturated carbocycles. The zero-order valence-corrected chi connectivity index (χ0v) is 21.1. The van der Waals surface area contributed by atoms with Crippen molar-refractivity contribution in [2.45, 2.75) is 51.4 Å². The van der Waals surface area contributed by atoms with E-state index in [2.05, 4.69) is 6.07 Å². The van der Waals surface area contributed by atoms with Crippen LogP contribution in [-0.4, -0.2) is 28.6 Å². The Labute approximate surface area is 220 Å². The number of nitrogens with zero attached hydrogens (tertiary/aromatic N) is 2. The monoisotopic (exact) mass is 518 g/mol. The van der Waals surface area contributed by atoms with E-state index >= 15 is 0 Å². The molecule has 0 unspecified atom stereocenters. The minimum atomic E-state index is -4.60. The third kappa shape index (κ3) is 5.98. The molecular formula is C31H29F3N2O2. The lowest BCUT2D eigenvalue weighted by Gasteiger charge is -2.33. The molecule has 7 heteroatoms. The minimum absolute atomic E-state index is 0.0144. The second kappa shape index (κ2) is 11.7. The first-order valence-electron chi connectivity index (χ1n) is 12.7. The van der Waals surface area contributed by atoms with Gasteiger partial charge in [0.25, 0.3) is 0 Å². The standard InChI is InChI=1S/C31H29F3N2O2/c1-2-21-17-24(15-14-23-11-8-12-26(27(23)19-35)22-9-4-3-5-10-22)28(31(32,33)34)18-25(21)20-36-16-7-6-13-29(36)30(37)38/h3-5,8-12,14-15,17-18,29H,2,6-7,13,16,20H2,1H3,(H,37,38)/b15-14+/t29-/m0/s1. The van der Waals surface area contributed by atoms with Crippen LogP contribution >= 0.6 is 0 Å². The number of alkyl halides is 3. The van der Waals surface area contributed by atoms with Gasteiger partial charge in [0, 0.05) is 12.1 Å². The SMILES string of the molecule is CCc1cc(/C=C/c2cccc(-c3ccccc3)c2C#N)c(C(F)(F)F)cc1CN1CCCC[C@H]1C(=O)O. The average molecular weight is 519 g/mol. The molecule has 0 spiro atoms. The van der Waals surface area contributed by atoms with Crippen molar-refractivity contribution in [3.05, 3.63) is 94.0 Å². The van der Waals surface area contributed by atoms with Gasteiger partial charge in [0.15, 0.2) is 0 Å². The number of rotatable bonds is 7. The molecule has 196 valence electrons. The quantitative estimate of drug-likeness (QED) is 0.331. The predicted molar refractivity (Wildman–Crippen MR) is 142 cm³/mol. The van der Waals surface area contributed by atoms with Crippen molar-refractivity contribution in [2.24, 2.45) is 0 Å². The predicted octanol–water partition coefficient (Wildman–Crippen LogP) is 7.42. The van der Waals surface area contributed by atoms with E-state index in [1.807, 2.05) is 43.3 Å². The maximum atomic E-state index is 14.2. The summed E-state index contributed by atoms with van der Waals surface area (Å²) in [5.74, 6) is -0.940. The average Bonchev–Trinajstić information content (AvgIpc) is 2.91. The van der Waals surface area contributed by atoms with Crippen molar-refractivity contribution in [3.8, 4) is 17.2 Å². The van der Waals surface area contributed by atoms with Gasteiger partial charge in [0.05, 0.1) is 11.1 Å². The number of benzene rings is 3. The first-order chi connectivity index (χ1) is 18.2. The Hall–Kier alpha value is -3.89. The molecular weight excluding hydrogens is 489 g/mol. The van der Waals surface area contributed by atoms with E-state index in [0.717, 1.165) is 30.0 Å². The van der Waals surface area contributed by atoms with Gasteiger partial charge in [-0.25, -0.2) is 0 Å². The molecule has 1 N–H and O–H groups in total. The van der Waals surface area contributed by atoms with Crippen LogP contribution in [0.15, 0.2) is 60.7 Å². The van der Waals surface area contributed by atoms with Crippen molar-refractivity contribution < 1.29 is 23.1 Å². The molecule has 4 rings (SSSR count). The van der Waals surface area contributed by atoms with Crippen LogP contribution in [0.2, 0.25) is 0 Å². The molecule has 3 aromatic carbocycles. The first kappa shape index (κ1) is 27.2. The van der Waals surface area contributed by atoms with Gasteiger partial charge in [0.2, 0.25) is 0 Å². The third-order valence-electron chi connectivity index (χ3n) is 7.07. The smallest absolute Gasteiger partial charge is 0.416 e. The largest absolute Gasteiger partial charge is 0.480 e. The Morgan fingerprint density at radius 1 is 1.05 bits per heavy atom. The zero-order valence-electron chi connectivity index (χ0n) is 21.1. The van der Waals surface area contributed by atoms with Crippen molar-refractivity contribution in [1.29, 1.82) is 5.26 Å². The van der Waals surface area contributed by atoms with Crippen molar-refractivity contribution >= 4 is 18.1 Å². The number of likely N-dealkylation sites (tertiary alicyclic amines) is 1. The minimum Gasteiger partial charge on any atom is -0.480 e. The lowest BCUT2D eigenvalue weighted by Crippen LogP contribution is -2.44. The number of hydrogen-bond donors (Lipinski definition) is 1. The molecule has 1 fully saturated rings. The number of nitriles is 1. The normalized spacial score (nSPS) is 16.4. The summed E-state index contributed by atoms with van der Waals surface area (Å²) >= 11 is 0. The van der Waals surface area contributed by atoms with Crippen LogP contribution in [0.4, 0.5) is 13.2 Å². The molecule has 0 bridgehead atoms. The fraction of sp³-hybridized carbons (Fsp3) is 0.290. The highest BCUT2D eigenvalue weighted by molar-refractivity contribution is 5.81. The number of aliphatic carboxylic acids is 1. The van der Waals surface area contributed by atoms with Crippen LogP contribution in [-0.2, 0) is 23.9 Å². The molecule has 0 aliphatic carbocycles. The molecule has 1 aliphatic rings. The van der Waals surface area contributed by atoms with E-state index in [-0.39, 0.29) is 12.1 Å². The Kier molecular flexibility index (Phi) is 8.33. The summed E-state index contributed by atoms with van der Waals surface area (Å²) in [4.78, 5) is 13.5. The van der Waals surface area contributed by atoms with Gasteiger partial charge in [-0.15, -0.1) is 0 Å². The van der Waals surface area contributed by atoms with Crippen molar-refractivity contribution in [3.63, 3.8) is 0 Å². The number of carboxylic acids is 1. The molecule has 0 aromatic heterocycles. The molecule has 1 atom stereocenters.